The van der Waals surface area contributed by atoms with E-state index >= 15 is 0 Å². The topological polar surface area (TPSA) is 209 Å². The summed E-state index contributed by atoms with van der Waals surface area (Å²) < 4.78 is 13.0. The van der Waals surface area contributed by atoms with E-state index in [9.17, 15) is 33.9 Å². The number of carbonyl (C=O) groups excluding carboxylic acids is 5. The molecule has 4 amide bonds. The van der Waals surface area contributed by atoms with Crippen molar-refractivity contribution in [3.05, 3.63) is 36.0 Å². The predicted octanol–water partition coefficient (Wildman–Crippen LogP) is 0.331. The van der Waals surface area contributed by atoms with Gasteiger partial charge in [-0.2, -0.15) is 0 Å². The molecule has 1 saturated heterocycles. The molecule has 4 unspecified atom stereocenters. The maximum atomic E-state index is 13.4. The summed E-state index contributed by atoms with van der Waals surface area (Å²) in [6.07, 6.45) is -0.426. The molecule has 0 spiro atoms. The first-order chi connectivity index (χ1) is 24.3. The number of aromatic nitrogens is 1. The third-order valence-electron chi connectivity index (χ3n) is 8.72. The van der Waals surface area contributed by atoms with Crippen molar-refractivity contribution in [2.45, 2.75) is 77.7 Å². The van der Waals surface area contributed by atoms with E-state index in [1.54, 1.807) is 13.8 Å². The number of ketones is 1. The van der Waals surface area contributed by atoms with Crippen LogP contribution in [0.3, 0.4) is 0 Å². The van der Waals surface area contributed by atoms with Crippen LogP contribution in [-0.2, 0) is 51.3 Å². The van der Waals surface area contributed by atoms with Crippen LogP contribution in [-0.4, -0.2) is 115 Å². The number of benzene rings is 1. The molecule has 2 heterocycles. The van der Waals surface area contributed by atoms with Gasteiger partial charge in [-0.1, -0.05) is 32.0 Å². The number of hydrogen-bond acceptors (Lipinski definition) is 10. The number of nitrogens with zero attached hydrogens (tertiary/aromatic N) is 2. The van der Waals surface area contributed by atoms with Crippen molar-refractivity contribution in [1.29, 1.82) is 0 Å². The Bertz CT molecular complexity index is 1510. The molecule has 1 aliphatic heterocycles. The molecule has 1 aromatic carbocycles. The van der Waals surface area contributed by atoms with Gasteiger partial charge in [-0.3, -0.25) is 34.2 Å². The van der Waals surface area contributed by atoms with Crippen molar-refractivity contribution in [3.8, 4) is 0 Å². The number of rotatable bonds is 9. The fraction of sp³-hybridized carbons (Fsp3) is 0.600. The number of ether oxygens (including phenoxy) is 2. The highest BCUT2D eigenvalue weighted by Gasteiger charge is 2.34. The van der Waals surface area contributed by atoms with E-state index in [0.29, 0.717) is 13.1 Å². The van der Waals surface area contributed by atoms with Crippen LogP contribution < -0.4 is 26.7 Å². The molecule has 2 aromatic rings. The first-order valence-electron chi connectivity index (χ1n) is 17.4. The molecule has 4 atom stereocenters. The molecule has 16 nitrogen and oxygen atoms in total. The largest absolute Gasteiger partial charge is 0.481 e. The lowest BCUT2D eigenvalue weighted by Crippen LogP contribution is -2.54. The number of fused-ring (bicyclic) bond motifs is 1. The Balaban J connectivity index is 1.77. The van der Waals surface area contributed by atoms with Crippen molar-refractivity contribution in [2.24, 2.45) is 11.8 Å². The van der Waals surface area contributed by atoms with Crippen LogP contribution in [0.1, 0.15) is 52.1 Å². The van der Waals surface area contributed by atoms with Gasteiger partial charge < -0.3 is 40.4 Å². The van der Waals surface area contributed by atoms with E-state index in [1.165, 1.54) is 6.92 Å². The number of hydrazine groups is 1. The van der Waals surface area contributed by atoms with Gasteiger partial charge in [0.15, 0.2) is 5.78 Å². The fourth-order valence-corrected chi connectivity index (χ4v) is 5.77. The molecule has 3 rings (SSSR count). The van der Waals surface area contributed by atoms with Crippen molar-refractivity contribution >= 4 is 46.3 Å². The van der Waals surface area contributed by atoms with Crippen LogP contribution in [0.5, 0.6) is 0 Å². The average molecular weight is 716 g/mol. The molecule has 0 aliphatic carbocycles. The molecule has 0 saturated carbocycles. The van der Waals surface area contributed by atoms with Gasteiger partial charge in [0.05, 0.1) is 39.0 Å². The summed E-state index contributed by atoms with van der Waals surface area (Å²) in [5.74, 6) is -6.15. The third kappa shape index (κ3) is 12.7. The summed E-state index contributed by atoms with van der Waals surface area (Å²) in [4.78, 5) is 77.9. The molecule has 51 heavy (non-hydrogen) atoms. The molecule has 16 heteroatoms. The van der Waals surface area contributed by atoms with Crippen molar-refractivity contribution in [1.82, 2.24) is 36.3 Å². The number of carboxylic acid groups (broad SMARTS) is 1. The highest BCUT2D eigenvalue weighted by molar-refractivity contribution is 6.03. The Labute approximate surface area is 298 Å². The smallest absolute Gasteiger partial charge is 0.314 e. The number of para-hydroxylation sites is 1. The van der Waals surface area contributed by atoms with Crippen LogP contribution >= 0.6 is 0 Å². The molecule has 1 aromatic heterocycles. The summed E-state index contributed by atoms with van der Waals surface area (Å²) in [5, 5.41) is 23.6. The number of hydrogen-bond donors (Lipinski definition) is 6. The standard InChI is InChI=1S/C35H53N7O9/c1-22(2)31-34(47)38-23(3)32(45)26(35(48)49)10-11-27(33(46)37-14-17-51-19-18-50-16-13-30(44)40-31)39-29(43)12-15-42-25(21-41(5)36-4)20-24-8-6-7-9-28(24)42/h6-9,20,22-23,26-27,31,36H,10-19,21H2,1-5H3,(H,37,46)(H,38,47)(H,39,43)(H,40,44)(H,48,49). The minimum atomic E-state index is -1.58. The van der Waals surface area contributed by atoms with Crippen LogP contribution in [0, 0.1) is 11.8 Å². The summed E-state index contributed by atoms with van der Waals surface area (Å²) in [6, 6.07) is 6.57. The van der Waals surface area contributed by atoms with Gasteiger partial charge in [0.1, 0.15) is 18.0 Å². The Morgan fingerprint density at radius 1 is 1.02 bits per heavy atom. The van der Waals surface area contributed by atoms with Crippen molar-refractivity contribution in [3.63, 3.8) is 0 Å². The highest BCUT2D eigenvalue weighted by atomic mass is 16.5. The van der Waals surface area contributed by atoms with Crippen LogP contribution in [0.2, 0.25) is 0 Å². The summed E-state index contributed by atoms with van der Waals surface area (Å²) in [6.45, 7) is 6.46. The number of aryl methyl sites for hydroxylation is 1. The minimum Gasteiger partial charge on any atom is -0.481 e. The molecule has 6 N–H and O–H groups in total. The van der Waals surface area contributed by atoms with E-state index in [1.807, 2.05) is 47.9 Å². The quantitative estimate of drug-likeness (QED) is 0.154. The van der Waals surface area contributed by atoms with Gasteiger partial charge in [-0.25, -0.2) is 5.01 Å². The van der Waals surface area contributed by atoms with Gasteiger partial charge >= 0.3 is 5.97 Å². The molecule has 0 bridgehead atoms. The monoisotopic (exact) mass is 715 g/mol. The summed E-state index contributed by atoms with van der Waals surface area (Å²) in [5.41, 5.74) is 5.01. The number of aliphatic carboxylic acids is 1. The highest BCUT2D eigenvalue weighted by Crippen LogP contribution is 2.21. The zero-order valence-electron chi connectivity index (χ0n) is 30.2. The van der Waals surface area contributed by atoms with Gasteiger partial charge in [0.2, 0.25) is 23.6 Å². The predicted molar refractivity (Wildman–Crippen MR) is 188 cm³/mol. The van der Waals surface area contributed by atoms with Crippen molar-refractivity contribution < 1.29 is 43.3 Å². The van der Waals surface area contributed by atoms with E-state index in [-0.39, 0.29) is 64.6 Å². The average Bonchev–Trinajstić information content (AvgIpc) is 3.43. The molecule has 1 fully saturated rings. The Hall–Kier alpha value is -4.38. The fourth-order valence-electron chi connectivity index (χ4n) is 5.77. The van der Waals surface area contributed by atoms with Crippen LogP contribution in [0.25, 0.3) is 10.9 Å². The number of carboxylic acids is 1. The summed E-state index contributed by atoms with van der Waals surface area (Å²) in [7, 11) is 3.72. The normalized spacial score (nSPS) is 22.6. The second-order valence-electron chi connectivity index (χ2n) is 13.0. The van der Waals surface area contributed by atoms with Gasteiger partial charge in [0, 0.05) is 44.2 Å². The SMILES string of the molecule is CNN(C)Cc1cc2ccccc2n1CCC(=O)NC1CCC(C(=O)O)C(=O)C(C)NC(=O)C(C(C)C)NC(=O)CCOCCOCCNC1=O. The molecular weight excluding hydrogens is 662 g/mol. The Morgan fingerprint density at radius 3 is 2.41 bits per heavy atom. The minimum absolute atomic E-state index is 0.00783. The first-order valence-corrected chi connectivity index (χ1v) is 17.4. The molecule has 282 valence electrons. The summed E-state index contributed by atoms with van der Waals surface area (Å²) >= 11 is 0. The van der Waals surface area contributed by atoms with E-state index in [0.717, 1.165) is 16.6 Å². The third-order valence-corrected chi connectivity index (χ3v) is 8.72. The van der Waals surface area contributed by atoms with E-state index in [4.69, 9.17) is 9.47 Å². The maximum absolute atomic E-state index is 13.4. The zero-order valence-corrected chi connectivity index (χ0v) is 30.2. The zero-order chi connectivity index (χ0) is 37.5. The number of Topliss-reactive ketones (excluding diaryl/α,β-unsaturated/α-hetero) is 1. The first kappa shape index (κ1) is 41.0. The lowest BCUT2D eigenvalue weighted by atomic mass is 9.91. The van der Waals surface area contributed by atoms with E-state index < -0.39 is 59.4 Å². The lowest BCUT2D eigenvalue weighted by Gasteiger charge is -2.25. The Morgan fingerprint density at radius 2 is 1.73 bits per heavy atom. The van der Waals surface area contributed by atoms with Gasteiger partial charge in [0.25, 0.3) is 0 Å². The lowest BCUT2D eigenvalue weighted by molar-refractivity contribution is -0.148. The number of amides is 4. The molecule has 0 radical (unpaired) electrons. The number of nitrogens with one attached hydrogen (secondary N) is 5. The maximum Gasteiger partial charge on any atom is 0.314 e. The van der Waals surface area contributed by atoms with Gasteiger partial charge in [-0.15, -0.1) is 0 Å². The van der Waals surface area contributed by atoms with Crippen molar-refractivity contribution in [2.75, 3.05) is 47.1 Å². The molecule has 1 aliphatic rings. The van der Waals surface area contributed by atoms with Gasteiger partial charge in [-0.05, 0) is 50.2 Å². The van der Waals surface area contributed by atoms with Crippen LogP contribution in [0.4, 0.5) is 0 Å². The second-order valence-corrected chi connectivity index (χ2v) is 13.0. The van der Waals surface area contributed by atoms with Crippen LogP contribution in [0.15, 0.2) is 30.3 Å². The Kier molecular flexibility index (Phi) is 16.5. The second kappa shape index (κ2) is 20.5. The molecular formula is C35H53N7O9. The van der Waals surface area contributed by atoms with E-state index in [2.05, 4.69) is 32.8 Å². The number of carbonyl (C=O) groups is 6.